The summed E-state index contributed by atoms with van der Waals surface area (Å²) in [6.07, 6.45) is -2.76. The number of aromatic nitrogens is 1. The molecule has 0 aliphatic heterocycles. The average Bonchev–Trinajstić information content (AvgIpc) is 2.07. The maximum Gasteiger partial charge on any atom is 0.269 e. The van der Waals surface area contributed by atoms with E-state index in [1.807, 2.05) is 22.6 Å². The third kappa shape index (κ3) is 2.17. The minimum absolute atomic E-state index is 0.204. The fraction of sp³-hybridized carbons (Fsp3) is 0.286. The summed E-state index contributed by atoms with van der Waals surface area (Å²) in [6.45, 7) is 0. The maximum absolute atomic E-state index is 12.2. The van der Waals surface area contributed by atoms with Gasteiger partial charge < -0.3 is 4.74 Å². The first kappa shape index (κ1) is 10.4. The van der Waals surface area contributed by atoms with E-state index in [1.165, 1.54) is 7.11 Å². The lowest BCUT2D eigenvalue weighted by Crippen LogP contribution is -2.14. The minimum Gasteiger partial charge on any atom is -0.481 e. The highest BCUT2D eigenvalue weighted by Crippen LogP contribution is 2.21. The van der Waals surface area contributed by atoms with Crippen LogP contribution in [0.2, 0.25) is 0 Å². The molecule has 1 N–H and O–H groups in total. The molecule has 0 radical (unpaired) electrons. The Morgan fingerprint density at radius 2 is 2.23 bits per heavy atom. The van der Waals surface area contributed by atoms with Crippen molar-refractivity contribution in [3.8, 4) is 5.88 Å². The monoisotopic (exact) mass is 301 g/mol. The highest BCUT2D eigenvalue weighted by Gasteiger charge is 2.14. The normalized spacial score (nSPS) is 10.5. The topological polar surface area (TPSA) is 42.1 Å². The molecule has 1 aromatic heterocycles. The van der Waals surface area contributed by atoms with Crippen molar-refractivity contribution in [2.45, 2.75) is 6.43 Å². The lowest BCUT2D eigenvalue weighted by Gasteiger charge is -2.04. The number of alkyl halides is 2. The lowest BCUT2D eigenvalue weighted by atomic mass is 10.3. The van der Waals surface area contributed by atoms with E-state index in [0.29, 0.717) is 3.57 Å². The number of H-pyrrole nitrogens is 1. The van der Waals surface area contributed by atoms with Gasteiger partial charge in [0, 0.05) is 0 Å². The second kappa shape index (κ2) is 4.03. The molecule has 13 heavy (non-hydrogen) atoms. The zero-order valence-electron chi connectivity index (χ0n) is 6.61. The number of halogens is 3. The number of hydrogen-bond acceptors (Lipinski definition) is 2. The summed E-state index contributed by atoms with van der Waals surface area (Å²) < 4.78 is 29.6. The van der Waals surface area contributed by atoms with Crippen LogP contribution in [-0.2, 0) is 0 Å². The van der Waals surface area contributed by atoms with Crippen molar-refractivity contribution in [3.63, 3.8) is 0 Å². The fourth-order valence-electron chi connectivity index (χ4n) is 0.813. The molecule has 3 nitrogen and oxygen atoms in total. The Morgan fingerprint density at radius 3 is 2.69 bits per heavy atom. The van der Waals surface area contributed by atoms with Gasteiger partial charge in [0.1, 0.15) is 0 Å². The van der Waals surface area contributed by atoms with Gasteiger partial charge in [0.2, 0.25) is 5.88 Å². The predicted molar refractivity (Wildman–Crippen MR) is 51.3 cm³/mol. The van der Waals surface area contributed by atoms with Gasteiger partial charge in [-0.05, 0) is 28.7 Å². The summed E-state index contributed by atoms with van der Waals surface area (Å²) in [5, 5.41) is 0. The molecule has 0 saturated carbocycles. The van der Waals surface area contributed by atoms with E-state index in [0.717, 1.165) is 6.07 Å². The van der Waals surface area contributed by atoms with Gasteiger partial charge in [0.05, 0.1) is 16.2 Å². The Balaban J connectivity index is 3.29. The second-order valence-electron chi connectivity index (χ2n) is 2.24. The largest absolute Gasteiger partial charge is 0.481 e. The first-order valence-electron chi connectivity index (χ1n) is 3.31. The van der Waals surface area contributed by atoms with Crippen molar-refractivity contribution in [1.82, 2.24) is 4.98 Å². The fourth-order valence-corrected chi connectivity index (χ4v) is 1.50. The first-order chi connectivity index (χ1) is 6.06. The molecule has 0 unspecified atom stereocenters. The Bertz CT molecular complexity index is 364. The Morgan fingerprint density at radius 1 is 1.62 bits per heavy atom. The predicted octanol–water partition coefficient (Wildman–Crippen LogP) is 1.93. The number of methoxy groups -OCH3 is 1. The summed E-state index contributed by atoms with van der Waals surface area (Å²) in [4.78, 5) is 13.2. The third-order valence-corrected chi connectivity index (χ3v) is 2.23. The third-order valence-electron chi connectivity index (χ3n) is 1.43. The number of hydrogen-bond donors (Lipinski definition) is 1. The minimum atomic E-state index is -2.76. The zero-order chi connectivity index (χ0) is 10.0. The van der Waals surface area contributed by atoms with Gasteiger partial charge in [-0.1, -0.05) is 0 Å². The molecule has 0 spiro atoms. The summed E-state index contributed by atoms with van der Waals surface area (Å²) in [7, 11) is 1.36. The second-order valence-corrected chi connectivity index (χ2v) is 3.40. The molecule has 6 heteroatoms. The SMILES string of the molecule is COc1[nH]c(=O)c(C(F)F)cc1I. The molecule has 0 atom stereocenters. The lowest BCUT2D eigenvalue weighted by molar-refractivity contribution is 0.149. The van der Waals surface area contributed by atoms with Crippen LogP contribution in [-0.4, -0.2) is 12.1 Å². The van der Waals surface area contributed by atoms with Crippen molar-refractivity contribution in [3.05, 3.63) is 25.6 Å². The van der Waals surface area contributed by atoms with Crippen LogP contribution in [0.5, 0.6) is 5.88 Å². The van der Waals surface area contributed by atoms with Gasteiger partial charge in [-0.2, -0.15) is 0 Å². The van der Waals surface area contributed by atoms with Crippen molar-refractivity contribution in [1.29, 1.82) is 0 Å². The summed E-state index contributed by atoms with van der Waals surface area (Å²) in [5.41, 5.74) is -1.35. The van der Waals surface area contributed by atoms with Crippen molar-refractivity contribution >= 4 is 22.6 Å². The molecule has 0 aliphatic rings. The van der Waals surface area contributed by atoms with Gasteiger partial charge in [-0.25, -0.2) is 8.78 Å². The van der Waals surface area contributed by atoms with Crippen molar-refractivity contribution < 1.29 is 13.5 Å². The van der Waals surface area contributed by atoms with Crippen LogP contribution in [0, 0.1) is 3.57 Å². The Labute approximate surface area is 86.2 Å². The standard InChI is InChI=1S/C7H6F2INO2/c1-13-7-4(10)2-3(5(8)9)6(12)11-7/h2,5H,1H3,(H,11,12). The number of ether oxygens (including phenoxy) is 1. The summed E-state index contributed by atoms with van der Waals surface area (Å²) >= 11 is 1.81. The highest BCUT2D eigenvalue weighted by molar-refractivity contribution is 14.1. The van der Waals surface area contributed by atoms with Crippen LogP contribution in [0.1, 0.15) is 12.0 Å². The summed E-state index contributed by atoms with van der Waals surface area (Å²) in [6, 6.07) is 1.11. The van der Waals surface area contributed by atoms with E-state index in [9.17, 15) is 13.6 Å². The van der Waals surface area contributed by atoms with E-state index in [-0.39, 0.29) is 5.88 Å². The quantitative estimate of drug-likeness (QED) is 0.848. The van der Waals surface area contributed by atoms with Gasteiger partial charge in [-0.15, -0.1) is 0 Å². The smallest absolute Gasteiger partial charge is 0.269 e. The molecular formula is C7H6F2INO2. The van der Waals surface area contributed by atoms with Crippen LogP contribution in [0.4, 0.5) is 8.78 Å². The molecule has 0 fully saturated rings. The van der Waals surface area contributed by atoms with Crippen LogP contribution < -0.4 is 10.3 Å². The molecule has 0 bridgehead atoms. The van der Waals surface area contributed by atoms with Gasteiger partial charge in [0.25, 0.3) is 12.0 Å². The van der Waals surface area contributed by atoms with Crippen LogP contribution in [0.3, 0.4) is 0 Å². The van der Waals surface area contributed by atoms with Crippen LogP contribution in [0.25, 0.3) is 0 Å². The number of nitrogens with one attached hydrogen (secondary N) is 1. The highest BCUT2D eigenvalue weighted by atomic mass is 127. The molecule has 72 valence electrons. The number of pyridine rings is 1. The maximum atomic E-state index is 12.2. The Kier molecular flexibility index (Phi) is 3.23. The van der Waals surface area contributed by atoms with E-state index in [2.05, 4.69) is 4.98 Å². The molecule has 1 heterocycles. The zero-order valence-corrected chi connectivity index (χ0v) is 8.76. The van der Waals surface area contributed by atoms with Gasteiger partial charge in [-0.3, -0.25) is 9.78 Å². The average molecular weight is 301 g/mol. The van der Waals surface area contributed by atoms with Crippen LogP contribution >= 0.6 is 22.6 Å². The molecule has 0 aromatic carbocycles. The molecule has 1 rings (SSSR count). The van der Waals surface area contributed by atoms with E-state index >= 15 is 0 Å². The Hall–Kier alpha value is -0.660. The van der Waals surface area contributed by atoms with E-state index in [1.54, 1.807) is 0 Å². The van der Waals surface area contributed by atoms with Crippen LogP contribution in [0.15, 0.2) is 10.9 Å². The van der Waals surface area contributed by atoms with E-state index < -0.39 is 17.5 Å². The molecule has 1 aromatic rings. The molecule has 0 aliphatic carbocycles. The molecule has 0 saturated heterocycles. The van der Waals surface area contributed by atoms with Crippen molar-refractivity contribution in [2.75, 3.05) is 7.11 Å². The molecule has 0 amide bonds. The molecular weight excluding hydrogens is 295 g/mol. The van der Waals surface area contributed by atoms with Crippen molar-refractivity contribution in [2.24, 2.45) is 0 Å². The van der Waals surface area contributed by atoms with Gasteiger partial charge >= 0.3 is 0 Å². The number of aromatic amines is 1. The van der Waals surface area contributed by atoms with E-state index in [4.69, 9.17) is 4.74 Å². The first-order valence-corrected chi connectivity index (χ1v) is 4.39. The van der Waals surface area contributed by atoms with Gasteiger partial charge in [0.15, 0.2) is 0 Å². The summed E-state index contributed by atoms with van der Waals surface area (Å²) in [5.74, 6) is 0.204. The number of rotatable bonds is 2.